The van der Waals surface area contributed by atoms with E-state index in [0.29, 0.717) is 12.1 Å². The number of hydrogen-bond acceptors (Lipinski definition) is 7. The van der Waals surface area contributed by atoms with E-state index in [1.54, 1.807) is 13.8 Å². The number of carbonyl (C=O) groups excluding carboxylic acids is 2. The van der Waals surface area contributed by atoms with E-state index in [2.05, 4.69) is 10.1 Å². The first kappa shape index (κ1) is 26.2. The minimum Gasteiger partial charge on any atom is -0.469 e. The Kier molecular flexibility index (Phi) is 6.79. The van der Waals surface area contributed by atoms with Crippen molar-refractivity contribution in [3.63, 3.8) is 0 Å². The highest BCUT2D eigenvalue weighted by molar-refractivity contribution is 14.2. The minimum absolute atomic E-state index is 0.0592. The zero-order valence-corrected chi connectivity index (χ0v) is 20.5. The van der Waals surface area contributed by atoms with E-state index in [4.69, 9.17) is 13.6 Å². The zero-order chi connectivity index (χ0) is 23.8. The molecule has 0 saturated carbocycles. The summed E-state index contributed by atoms with van der Waals surface area (Å²) in [6.45, 7) is 2.91. The number of phosphoric ester groups is 1. The van der Waals surface area contributed by atoms with Crippen LogP contribution in [0.3, 0.4) is 0 Å². The molecular formula is C16H21F4INO7PS. The number of halogens is 5. The van der Waals surface area contributed by atoms with Crippen molar-refractivity contribution in [3.8, 4) is 5.75 Å². The monoisotopic (exact) mass is 605 g/mol. The summed E-state index contributed by atoms with van der Waals surface area (Å²) in [6, 6.07) is 2.43. The number of nitrogens with one attached hydrogen (secondary N) is 1. The zero-order valence-electron chi connectivity index (χ0n) is 16.6. The fraction of sp³-hybridized carbons (Fsp3) is 0.500. The third-order valence-electron chi connectivity index (χ3n) is 4.12. The number of carbonyl (C=O) groups is 2. The quantitative estimate of drug-likeness (QED) is 0.192. The van der Waals surface area contributed by atoms with Gasteiger partial charge in [-0.15, -0.1) is 15.5 Å². The lowest BCUT2D eigenvalue weighted by Gasteiger charge is -2.43. The van der Waals surface area contributed by atoms with Crippen LogP contribution in [0.25, 0.3) is 0 Å². The highest BCUT2D eigenvalue weighted by Crippen LogP contribution is 3.06. The summed E-state index contributed by atoms with van der Waals surface area (Å²) in [7, 11) is -11.6. The molecule has 8 nitrogen and oxygen atoms in total. The third-order valence-corrected chi connectivity index (χ3v) is 8.16. The Morgan fingerprint density at radius 3 is 2.35 bits per heavy atom. The third kappa shape index (κ3) is 7.20. The summed E-state index contributed by atoms with van der Waals surface area (Å²) < 4.78 is 86.6. The molecule has 1 aliphatic heterocycles. The van der Waals surface area contributed by atoms with Gasteiger partial charge in [0.25, 0.3) is 5.91 Å². The minimum atomic E-state index is -8.41. The van der Waals surface area contributed by atoms with E-state index in [1.165, 1.54) is 7.11 Å². The molecule has 2 atom stereocenters. The van der Waals surface area contributed by atoms with Gasteiger partial charge in [0.1, 0.15) is 5.75 Å². The number of esters is 1. The van der Waals surface area contributed by atoms with Crippen molar-refractivity contribution in [3.05, 3.63) is 24.3 Å². The molecular weight excluding hydrogens is 584 g/mol. The van der Waals surface area contributed by atoms with Gasteiger partial charge in [0.15, 0.2) is 6.10 Å². The molecule has 0 bridgehead atoms. The Hall–Kier alpha value is -1.09. The average molecular weight is 605 g/mol. The summed E-state index contributed by atoms with van der Waals surface area (Å²) in [6.07, 6.45) is -1.40. The summed E-state index contributed by atoms with van der Waals surface area (Å²) in [5.41, 5.74) is -0.939. The molecule has 0 unspecified atom stereocenters. The van der Waals surface area contributed by atoms with Crippen molar-refractivity contribution < 1.29 is 48.0 Å². The summed E-state index contributed by atoms with van der Waals surface area (Å²) in [4.78, 5) is 22.1. The van der Waals surface area contributed by atoms with Crippen LogP contribution in [-0.2, 0) is 27.9 Å². The lowest BCUT2D eigenvalue weighted by atomic mass is 9.87. The van der Waals surface area contributed by atoms with Crippen LogP contribution in [0.5, 0.6) is 5.75 Å². The van der Waals surface area contributed by atoms with Crippen LogP contribution in [-0.4, -0.2) is 38.2 Å². The number of rotatable bonds is 7. The Morgan fingerprint density at radius 1 is 1.26 bits per heavy atom. The molecule has 178 valence electrons. The van der Waals surface area contributed by atoms with E-state index in [1.807, 2.05) is 0 Å². The van der Waals surface area contributed by atoms with Gasteiger partial charge in [-0.1, -0.05) is 13.8 Å². The summed E-state index contributed by atoms with van der Waals surface area (Å²) in [5, 5.41) is 2.45. The van der Waals surface area contributed by atoms with Crippen molar-refractivity contribution in [2.45, 2.75) is 31.3 Å². The molecule has 1 heterocycles. The van der Waals surface area contributed by atoms with E-state index in [-0.39, 0.29) is 46.5 Å². The Balaban J connectivity index is 2.12. The number of ether oxygens (including phenoxy) is 1. The van der Waals surface area contributed by atoms with Gasteiger partial charge in [0, 0.05) is 12.0 Å². The molecule has 0 aliphatic carbocycles. The van der Waals surface area contributed by atoms with Gasteiger partial charge < -0.3 is 14.6 Å². The highest BCUT2D eigenvalue weighted by atomic mass is 127. The number of hydrogen-bond donors (Lipinski definition) is 1. The number of benzene rings is 1. The van der Waals surface area contributed by atoms with Gasteiger partial charge >= 0.3 is 13.8 Å². The maximum absolute atomic E-state index is 13.4. The fourth-order valence-electron chi connectivity index (χ4n) is 2.44. The van der Waals surface area contributed by atoms with E-state index in [0.717, 1.165) is 12.1 Å². The predicted octanol–water partition coefficient (Wildman–Crippen LogP) is 5.42. The molecule has 1 aromatic carbocycles. The lowest BCUT2D eigenvalue weighted by Crippen LogP contribution is -2.50. The molecule has 1 N–H and O–H groups in total. The second-order valence-electron chi connectivity index (χ2n) is 7.34. The second-order valence-corrected chi connectivity index (χ2v) is 16.6. The molecule has 1 amide bonds. The Labute approximate surface area is 188 Å². The van der Waals surface area contributed by atoms with Crippen LogP contribution in [0.4, 0.5) is 15.5 Å². The van der Waals surface area contributed by atoms with Gasteiger partial charge in [-0.25, -0.2) is 4.57 Å². The van der Waals surface area contributed by atoms with Crippen LogP contribution in [0, 0.1) is 5.41 Å². The molecule has 1 fully saturated rings. The van der Waals surface area contributed by atoms with Crippen molar-refractivity contribution in [2.24, 2.45) is 5.41 Å². The molecule has 0 radical (unpaired) electrons. The molecule has 15 heteroatoms. The van der Waals surface area contributed by atoms with Crippen LogP contribution in [0.1, 0.15) is 20.3 Å². The van der Waals surface area contributed by atoms with Gasteiger partial charge in [0.05, 0.1) is 46.2 Å². The summed E-state index contributed by atoms with van der Waals surface area (Å²) in [5.74, 6) is -1.57. The van der Waals surface area contributed by atoms with Crippen LogP contribution < -0.4 is 9.84 Å². The van der Waals surface area contributed by atoms with E-state index in [9.17, 15) is 29.7 Å². The predicted molar refractivity (Wildman–Crippen MR) is 113 cm³/mol. The van der Waals surface area contributed by atoms with Gasteiger partial charge in [0.2, 0.25) is 7.01 Å². The molecule has 1 aromatic rings. The maximum Gasteiger partial charge on any atom is 0.530 e. The van der Waals surface area contributed by atoms with Gasteiger partial charge in [-0.2, -0.15) is 0 Å². The van der Waals surface area contributed by atoms with Gasteiger partial charge in [-0.05, 0) is 24.3 Å². The van der Waals surface area contributed by atoms with Crippen LogP contribution in [0.15, 0.2) is 29.2 Å². The second kappa shape index (κ2) is 8.04. The first-order valence-electron chi connectivity index (χ1n) is 8.66. The smallest absolute Gasteiger partial charge is 0.469 e. The molecule has 31 heavy (non-hydrogen) atoms. The number of methoxy groups -OCH3 is 1. The van der Waals surface area contributed by atoms with Crippen molar-refractivity contribution in [1.29, 1.82) is 0 Å². The molecule has 0 spiro atoms. The normalized spacial score (nSPS) is 25.6. The van der Waals surface area contributed by atoms with Gasteiger partial charge in [-0.3, -0.25) is 18.6 Å². The number of phosphoric acid groups is 1. The van der Waals surface area contributed by atoms with E-state index >= 15 is 0 Å². The van der Waals surface area contributed by atoms with Crippen molar-refractivity contribution in [1.82, 2.24) is 5.32 Å². The Morgan fingerprint density at radius 2 is 1.84 bits per heavy atom. The van der Waals surface area contributed by atoms with Crippen molar-refractivity contribution in [2.75, 3.05) is 20.3 Å². The highest BCUT2D eigenvalue weighted by Gasteiger charge is 2.62. The standard InChI is InChI=1S/C16H21F4INO7PS/c1-16(2)10-27-30(25,29-14(16)15(24)22-9-8-13(23)26-3)28-11-4-6-12(7-5-11)31(17,18,19,20)21/h4-7,14H,8-10H2,1-3H3,(H,22,24)/t14-,30-/m0/s1. The molecule has 0 aromatic heterocycles. The Bertz CT molecular complexity index is 912. The largest absolute Gasteiger partial charge is 0.530 e. The SMILES string of the molecule is COC(=O)CCNC(=O)[C@@H]1O[P@](=O)(Oc2ccc(S(F)(F)(F)(F)I)cc2)OCC1(C)C. The fourth-order valence-corrected chi connectivity index (χ4v) is 5.64. The molecule has 1 saturated heterocycles. The number of amides is 1. The summed E-state index contributed by atoms with van der Waals surface area (Å²) >= 11 is -0.156. The topological polar surface area (TPSA) is 100 Å². The van der Waals surface area contributed by atoms with E-state index < -0.39 is 43.1 Å². The maximum atomic E-state index is 13.4. The molecule has 2 rings (SSSR count). The molecule has 1 aliphatic rings. The average Bonchev–Trinajstić information content (AvgIpc) is 2.62. The van der Waals surface area contributed by atoms with Crippen molar-refractivity contribution >= 4 is 47.9 Å². The lowest BCUT2D eigenvalue weighted by molar-refractivity contribution is -0.142. The first-order chi connectivity index (χ1) is 13.8. The first-order valence-corrected chi connectivity index (χ1v) is 14.7. The van der Waals surface area contributed by atoms with Crippen LogP contribution in [0.2, 0.25) is 0 Å². The van der Waals surface area contributed by atoms with Crippen LogP contribution >= 0.6 is 36.0 Å².